The largest absolute Gasteiger partial charge is 0.497 e. The molecule has 2 aromatic carbocycles. The van der Waals surface area contributed by atoms with Crippen molar-refractivity contribution in [3.63, 3.8) is 0 Å². The summed E-state index contributed by atoms with van der Waals surface area (Å²) in [5.74, 6) is 0.222. The molecule has 0 aliphatic carbocycles. The Labute approximate surface area is 173 Å². The van der Waals surface area contributed by atoms with E-state index in [4.69, 9.17) is 9.47 Å². The van der Waals surface area contributed by atoms with Crippen LogP contribution < -0.4 is 9.46 Å². The topological polar surface area (TPSA) is 94.6 Å². The highest BCUT2D eigenvalue weighted by molar-refractivity contribution is 7.89. The first-order valence-corrected chi connectivity index (χ1v) is 11.1. The van der Waals surface area contributed by atoms with E-state index in [0.717, 1.165) is 16.3 Å². The molecule has 0 unspecified atom stereocenters. The van der Waals surface area contributed by atoms with Crippen LogP contribution in [0.4, 0.5) is 0 Å². The molecule has 0 bridgehead atoms. The predicted octanol–water partition coefficient (Wildman–Crippen LogP) is 3.47. The van der Waals surface area contributed by atoms with Gasteiger partial charge in [0.05, 0.1) is 23.3 Å². The van der Waals surface area contributed by atoms with Gasteiger partial charge in [0.15, 0.2) is 0 Å². The van der Waals surface area contributed by atoms with E-state index < -0.39 is 16.0 Å². The van der Waals surface area contributed by atoms with Crippen molar-refractivity contribution in [2.24, 2.45) is 0 Å². The molecule has 0 spiro atoms. The van der Waals surface area contributed by atoms with Gasteiger partial charge in [-0.1, -0.05) is 6.92 Å². The molecule has 0 aliphatic heterocycles. The Bertz CT molecular complexity index is 1070. The van der Waals surface area contributed by atoms with Crippen LogP contribution in [-0.2, 0) is 21.4 Å². The quantitative estimate of drug-likeness (QED) is 0.548. The number of thiazole rings is 1. The van der Waals surface area contributed by atoms with Crippen LogP contribution in [0.25, 0.3) is 10.6 Å². The summed E-state index contributed by atoms with van der Waals surface area (Å²) in [5, 5.41) is 2.65. The van der Waals surface area contributed by atoms with Crippen molar-refractivity contribution in [3.05, 3.63) is 65.2 Å². The number of ether oxygens (including phenoxy) is 2. The van der Waals surface area contributed by atoms with Gasteiger partial charge in [-0.2, -0.15) is 0 Å². The zero-order chi connectivity index (χ0) is 20.9. The minimum absolute atomic E-state index is 0.0307. The summed E-state index contributed by atoms with van der Waals surface area (Å²) in [6.45, 7) is 2.02. The fraction of sp³-hybridized carbons (Fsp3) is 0.200. The lowest BCUT2D eigenvalue weighted by molar-refractivity contribution is 0.0468. The van der Waals surface area contributed by atoms with Crippen LogP contribution in [0.2, 0.25) is 0 Å². The standard InChI is InChI=1S/C20H20N2O5S2/c1-3-21-29(24,25)18-10-6-15(7-11-18)20(23)27-12-16-13-28-19(22-16)14-4-8-17(26-2)9-5-14/h4-11,13,21H,3,12H2,1-2H3. The van der Waals surface area contributed by atoms with Gasteiger partial charge < -0.3 is 9.47 Å². The monoisotopic (exact) mass is 432 g/mol. The summed E-state index contributed by atoms with van der Waals surface area (Å²) >= 11 is 1.46. The van der Waals surface area contributed by atoms with Gasteiger partial charge in [0.2, 0.25) is 10.0 Å². The lowest BCUT2D eigenvalue weighted by Gasteiger charge is -2.06. The van der Waals surface area contributed by atoms with Gasteiger partial charge in [-0.15, -0.1) is 11.3 Å². The Morgan fingerprint density at radius 3 is 2.41 bits per heavy atom. The van der Waals surface area contributed by atoms with Gasteiger partial charge in [-0.25, -0.2) is 22.9 Å². The van der Waals surface area contributed by atoms with Crippen LogP contribution in [-0.4, -0.2) is 33.0 Å². The van der Waals surface area contributed by atoms with Crippen molar-refractivity contribution in [3.8, 4) is 16.3 Å². The molecule has 29 heavy (non-hydrogen) atoms. The van der Waals surface area contributed by atoms with Crippen LogP contribution in [0.3, 0.4) is 0 Å². The summed E-state index contributed by atoms with van der Waals surface area (Å²) in [7, 11) is -1.94. The van der Waals surface area contributed by atoms with Crippen LogP contribution >= 0.6 is 11.3 Å². The number of nitrogens with one attached hydrogen (secondary N) is 1. The molecule has 0 saturated heterocycles. The zero-order valence-electron chi connectivity index (χ0n) is 15.9. The Morgan fingerprint density at radius 2 is 1.79 bits per heavy atom. The maximum atomic E-state index is 12.2. The molecule has 0 aliphatic rings. The fourth-order valence-corrected chi connectivity index (χ4v) is 4.36. The van der Waals surface area contributed by atoms with Crippen molar-refractivity contribution >= 4 is 27.3 Å². The minimum Gasteiger partial charge on any atom is -0.497 e. The molecule has 0 amide bonds. The summed E-state index contributed by atoms with van der Waals surface area (Å²) in [6, 6.07) is 13.1. The Morgan fingerprint density at radius 1 is 1.10 bits per heavy atom. The number of aromatic nitrogens is 1. The number of carbonyl (C=O) groups excluding carboxylic acids is 1. The van der Waals surface area contributed by atoms with Gasteiger partial charge in [0, 0.05) is 17.5 Å². The number of carbonyl (C=O) groups is 1. The first-order chi connectivity index (χ1) is 13.9. The van der Waals surface area contributed by atoms with Crippen molar-refractivity contribution in [2.45, 2.75) is 18.4 Å². The Kier molecular flexibility index (Phi) is 6.63. The maximum absolute atomic E-state index is 12.2. The highest BCUT2D eigenvalue weighted by Gasteiger charge is 2.15. The van der Waals surface area contributed by atoms with Gasteiger partial charge in [-0.05, 0) is 48.5 Å². The van der Waals surface area contributed by atoms with E-state index in [1.54, 1.807) is 14.0 Å². The second-order valence-corrected chi connectivity index (χ2v) is 8.60. The van der Waals surface area contributed by atoms with E-state index in [-0.39, 0.29) is 23.6 Å². The third-order valence-corrected chi connectivity index (χ3v) is 6.48. The highest BCUT2D eigenvalue weighted by Crippen LogP contribution is 2.26. The molecule has 1 aromatic heterocycles. The van der Waals surface area contributed by atoms with E-state index in [2.05, 4.69) is 9.71 Å². The average Bonchev–Trinajstić information content (AvgIpc) is 3.21. The number of hydrogen-bond donors (Lipinski definition) is 1. The number of nitrogens with zero attached hydrogens (tertiary/aromatic N) is 1. The summed E-state index contributed by atoms with van der Waals surface area (Å²) in [4.78, 5) is 16.8. The molecule has 0 fully saturated rings. The lowest BCUT2D eigenvalue weighted by atomic mass is 10.2. The Hall–Kier alpha value is -2.75. The number of hydrogen-bond acceptors (Lipinski definition) is 7. The average molecular weight is 433 g/mol. The maximum Gasteiger partial charge on any atom is 0.338 e. The fourth-order valence-electron chi connectivity index (χ4n) is 2.51. The summed E-state index contributed by atoms with van der Waals surface area (Å²) in [5.41, 5.74) is 1.86. The second-order valence-electron chi connectivity index (χ2n) is 5.97. The van der Waals surface area contributed by atoms with Crippen LogP contribution in [0, 0.1) is 0 Å². The normalized spacial score (nSPS) is 11.2. The number of sulfonamides is 1. The number of rotatable bonds is 8. The lowest BCUT2D eigenvalue weighted by Crippen LogP contribution is -2.23. The molecule has 3 rings (SSSR count). The van der Waals surface area contributed by atoms with E-state index in [1.807, 2.05) is 29.6 Å². The van der Waals surface area contributed by atoms with E-state index >= 15 is 0 Å². The van der Waals surface area contributed by atoms with Gasteiger partial charge >= 0.3 is 5.97 Å². The molecular formula is C20H20N2O5S2. The number of benzene rings is 2. The third kappa shape index (κ3) is 5.20. The van der Waals surface area contributed by atoms with Crippen molar-refractivity contribution < 1.29 is 22.7 Å². The van der Waals surface area contributed by atoms with Crippen LogP contribution in [0.5, 0.6) is 5.75 Å². The summed E-state index contributed by atoms with van der Waals surface area (Å²) < 4.78 is 36.7. The van der Waals surface area contributed by atoms with Crippen molar-refractivity contribution in [1.29, 1.82) is 0 Å². The van der Waals surface area contributed by atoms with E-state index in [1.165, 1.54) is 35.6 Å². The molecule has 0 radical (unpaired) electrons. The van der Waals surface area contributed by atoms with Crippen molar-refractivity contribution in [2.75, 3.05) is 13.7 Å². The first-order valence-electron chi connectivity index (χ1n) is 8.78. The highest BCUT2D eigenvalue weighted by atomic mass is 32.2. The Balaban J connectivity index is 1.61. The van der Waals surface area contributed by atoms with E-state index in [0.29, 0.717) is 5.69 Å². The first kappa shape index (κ1) is 21.0. The zero-order valence-corrected chi connectivity index (χ0v) is 17.5. The SMILES string of the molecule is CCNS(=O)(=O)c1ccc(C(=O)OCc2csc(-c3ccc(OC)cc3)n2)cc1. The number of esters is 1. The second kappa shape index (κ2) is 9.17. The van der Waals surface area contributed by atoms with E-state index in [9.17, 15) is 13.2 Å². The predicted molar refractivity (Wildman–Crippen MR) is 111 cm³/mol. The minimum atomic E-state index is -3.55. The molecular weight excluding hydrogens is 412 g/mol. The van der Waals surface area contributed by atoms with Crippen molar-refractivity contribution in [1.82, 2.24) is 9.71 Å². The van der Waals surface area contributed by atoms with Gasteiger partial charge in [0.25, 0.3) is 0 Å². The number of methoxy groups -OCH3 is 1. The molecule has 9 heteroatoms. The molecule has 1 heterocycles. The summed E-state index contributed by atoms with van der Waals surface area (Å²) in [6.07, 6.45) is 0. The molecule has 152 valence electrons. The smallest absolute Gasteiger partial charge is 0.338 e. The van der Waals surface area contributed by atoms with Crippen LogP contribution in [0.15, 0.2) is 58.8 Å². The van der Waals surface area contributed by atoms with Gasteiger partial charge in [0.1, 0.15) is 17.4 Å². The molecule has 0 saturated carbocycles. The molecule has 3 aromatic rings. The molecule has 0 atom stereocenters. The van der Waals surface area contributed by atoms with Crippen LogP contribution in [0.1, 0.15) is 23.0 Å². The molecule has 7 nitrogen and oxygen atoms in total. The third-order valence-electron chi connectivity index (χ3n) is 3.97. The van der Waals surface area contributed by atoms with Gasteiger partial charge in [-0.3, -0.25) is 0 Å². The molecule has 1 N–H and O–H groups in total.